The molecule has 100 valence electrons. The van der Waals surface area contributed by atoms with Crippen LogP contribution in [-0.4, -0.2) is 21.5 Å². The van der Waals surface area contributed by atoms with E-state index < -0.39 is 0 Å². The summed E-state index contributed by atoms with van der Waals surface area (Å²) in [6.45, 7) is 6.97. The maximum Gasteiger partial charge on any atom is 0.180 e. The van der Waals surface area contributed by atoms with Crippen LogP contribution in [0.1, 0.15) is 25.1 Å². The molecular weight excluding hydrogens is 304 g/mol. The number of aryl methyl sites for hydroxylation is 2. The van der Waals surface area contributed by atoms with Crippen LogP contribution in [0.25, 0.3) is 11.5 Å². The van der Waals surface area contributed by atoms with E-state index in [4.69, 9.17) is 0 Å². The molecule has 19 heavy (non-hydrogen) atoms. The molecule has 5 heteroatoms. The van der Waals surface area contributed by atoms with Crippen molar-refractivity contribution in [2.75, 3.05) is 11.9 Å². The molecule has 2 rings (SSSR count). The second-order valence-corrected chi connectivity index (χ2v) is 5.00. The van der Waals surface area contributed by atoms with Crippen molar-refractivity contribution in [3.63, 3.8) is 0 Å². The molecule has 2 heterocycles. The Balaban J connectivity index is 2.58. The zero-order valence-corrected chi connectivity index (χ0v) is 13.0. The molecule has 0 atom stereocenters. The zero-order chi connectivity index (χ0) is 13.8. The number of nitrogens with one attached hydrogen (secondary N) is 1. The van der Waals surface area contributed by atoms with E-state index in [-0.39, 0.29) is 0 Å². The van der Waals surface area contributed by atoms with Gasteiger partial charge in [0.05, 0.1) is 10.2 Å². The van der Waals surface area contributed by atoms with Crippen LogP contribution in [0.3, 0.4) is 0 Å². The third kappa shape index (κ3) is 2.92. The highest BCUT2D eigenvalue weighted by Crippen LogP contribution is 2.27. The molecule has 0 amide bonds. The summed E-state index contributed by atoms with van der Waals surface area (Å²) in [6.07, 6.45) is 2.62. The summed E-state index contributed by atoms with van der Waals surface area (Å²) in [5.41, 5.74) is 2.91. The number of hydrogen-bond acceptors (Lipinski definition) is 4. The molecule has 0 unspecified atom stereocenters. The Kier molecular flexibility index (Phi) is 4.47. The van der Waals surface area contributed by atoms with Gasteiger partial charge < -0.3 is 5.32 Å². The van der Waals surface area contributed by atoms with E-state index in [1.54, 1.807) is 6.20 Å². The molecule has 0 saturated carbocycles. The van der Waals surface area contributed by atoms with Gasteiger partial charge in [-0.1, -0.05) is 13.0 Å². The first kappa shape index (κ1) is 13.9. The molecule has 1 N–H and O–H groups in total. The van der Waals surface area contributed by atoms with Gasteiger partial charge in [-0.05, 0) is 47.8 Å². The van der Waals surface area contributed by atoms with Crippen molar-refractivity contribution in [3.05, 3.63) is 34.1 Å². The Labute approximate surface area is 121 Å². The summed E-state index contributed by atoms with van der Waals surface area (Å²) in [5, 5.41) is 3.25. The minimum atomic E-state index is 0.675. The van der Waals surface area contributed by atoms with Gasteiger partial charge >= 0.3 is 0 Å². The molecule has 4 nitrogen and oxygen atoms in total. The van der Waals surface area contributed by atoms with Crippen molar-refractivity contribution in [1.29, 1.82) is 0 Å². The Morgan fingerprint density at radius 1 is 1.26 bits per heavy atom. The Morgan fingerprint density at radius 3 is 2.68 bits per heavy atom. The highest BCUT2D eigenvalue weighted by Gasteiger charge is 2.13. The highest BCUT2D eigenvalue weighted by molar-refractivity contribution is 9.10. The van der Waals surface area contributed by atoms with Gasteiger partial charge in [-0.15, -0.1) is 0 Å². The van der Waals surface area contributed by atoms with Gasteiger partial charge in [-0.2, -0.15) is 0 Å². The summed E-state index contributed by atoms with van der Waals surface area (Å²) in [6, 6.07) is 3.94. The van der Waals surface area contributed by atoms with E-state index in [9.17, 15) is 0 Å². The van der Waals surface area contributed by atoms with Gasteiger partial charge in [0.2, 0.25) is 0 Å². The first-order valence-electron chi connectivity index (χ1n) is 6.39. The summed E-state index contributed by atoms with van der Waals surface area (Å²) in [4.78, 5) is 13.6. The number of anilines is 1. The predicted octanol–water partition coefficient (Wildman–Crippen LogP) is 3.60. The number of nitrogens with zero attached hydrogens (tertiary/aromatic N) is 3. The maximum atomic E-state index is 4.60. The lowest BCUT2D eigenvalue weighted by atomic mass is 10.2. The number of pyridine rings is 1. The van der Waals surface area contributed by atoms with E-state index in [1.807, 2.05) is 26.0 Å². The number of aromatic nitrogens is 3. The monoisotopic (exact) mass is 320 g/mol. The lowest BCUT2D eigenvalue weighted by Gasteiger charge is -2.11. The highest BCUT2D eigenvalue weighted by atomic mass is 79.9. The minimum Gasteiger partial charge on any atom is -0.369 e. The lowest BCUT2D eigenvalue weighted by Crippen LogP contribution is -2.06. The molecule has 0 fully saturated rings. The molecule has 0 aliphatic rings. The summed E-state index contributed by atoms with van der Waals surface area (Å²) >= 11 is 3.56. The molecule has 0 aliphatic carbocycles. The molecule has 0 aliphatic heterocycles. The quantitative estimate of drug-likeness (QED) is 0.935. The van der Waals surface area contributed by atoms with Gasteiger partial charge in [0.25, 0.3) is 0 Å². The van der Waals surface area contributed by atoms with Crippen molar-refractivity contribution in [2.45, 2.75) is 27.2 Å². The van der Waals surface area contributed by atoms with E-state index in [0.717, 1.165) is 40.2 Å². The molecule has 2 aromatic rings. The minimum absolute atomic E-state index is 0.675. The van der Waals surface area contributed by atoms with E-state index in [0.29, 0.717) is 5.82 Å². The average Bonchev–Trinajstić information content (AvgIpc) is 2.42. The van der Waals surface area contributed by atoms with Crippen molar-refractivity contribution in [2.24, 2.45) is 0 Å². The Hall–Kier alpha value is -1.49. The molecule has 0 radical (unpaired) electrons. The molecule has 0 aromatic carbocycles. The normalized spacial score (nSPS) is 10.5. The zero-order valence-electron chi connectivity index (χ0n) is 11.4. The topological polar surface area (TPSA) is 50.7 Å². The fraction of sp³-hybridized carbons (Fsp3) is 0.357. The van der Waals surface area contributed by atoms with Gasteiger partial charge in [-0.3, -0.25) is 4.98 Å². The molecule has 2 aromatic heterocycles. The molecule has 0 saturated heterocycles. The van der Waals surface area contributed by atoms with Crippen molar-refractivity contribution in [3.8, 4) is 11.5 Å². The van der Waals surface area contributed by atoms with Gasteiger partial charge in [0.1, 0.15) is 11.5 Å². The Morgan fingerprint density at radius 2 is 2.05 bits per heavy atom. The fourth-order valence-corrected chi connectivity index (χ4v) is 2.44. The van der Waals surface area contributed by atoms with Gasteiger partial charge in [-0.25, -0.2) is 9.97 Å². The van der Waals surface area contributed by atoms with Gasteiger partial charge in [0, 0.05) is 12.7 Å². The van der Waals surface area contributed by atoms with Gasteiger partial charge in [0.15, 0.2) is 5.82 Å². The van der Waals surface area contributed by atoms with Crippen LogP contribution >= 0.6 is 15.9 Å². The molecular formula is C14H17BrN4. The third-order valence-corrected chi connectivity index (χ3v) is 3.65. The third-order valence-electron chi connectivity index (χ3n) is 2.82. The lowest BCUT2D eigenvalue weighted by molar-refractivity contribution is 0.975. The second-order valence-electron chi connectivity index (χ2n) is 4.21. The first-order chi connectivity index (χ1) is 9.17. The summed E-state index contributed by atoms with van der Waals surface area (Å²) in [5.74, 6) is 1.50. The summed E-state index contributed by atoms with van der Waals surface area (Å²) < 4.78 is 0.939. The summed E-state index contributed by atoms with van der Waals surface area (Å²) in [7, 11) is 0. The molecule has 0 spiro atoms. The van der Waals surface area contributed by atoms with Crippen LogP contribution in [0.15, 0.2) is 22.8 Å². The predicted molar refractivity (Wildman–Crippen MR) is 81.2 cm³/mol. The van der Waals surface area contributed by atoms with Crippen LogP contribution in [0.2, 0.25) is 0 Å². The van der Waals surface area contributed by atoms with E-state index in [2.05, 4.69) is 43.1 Å². The average molecular weight is 321 g/mol. The standard InChI is InChI=1S/C14H17BrN4/c1-4-10-11(15)13(16-5-2)19-14(18-10)12-9(3)7-6-8-17-12/h6-8H,4-5H2,1-3H3,(H,16,18,19). The van der Waals surface area contributed by atoms with E-state index in [1.165, 1.54) is 0 Å². The van der Waals surface area contributed by atoms with Crippen molar-refractivity contribution >= 4 is 21.7 Å². The van der Waals surface area contributed by atoms with Crippen LogP contribution in [0, 0.1) is 6.92 Å². The maximum absolute atomic E-state index is 4.60. The van der Waals surface area contributed by atoms with Crippen LogP contribution in [0.5, 0.6) is 0 Å². The number of rotatable bonds is 4. The largest absolute Gasteiger partial charge is 0.369 e. The Bertz CT molecular complexity index is 584. The smallest absolute Gasteiger partial charge is 0.180 e. The van der Waals surface area contributed by atoms with Crippen LogP contribution in [-0.2, 0) is 6.42 Å². The number of hydrogen-bond donors (Lipinski definition) is 1. The first-order valence-corrected chi connectivity index (χ1v) is 7.18. The van der Waals surface area contributed by atoms with Crippen molar-refractivity contribution < 1.29 is 0 Å². The second kappa shape index (κ2) is 6.10. The SMILES string of the molecule is CCNc1nc(-c2ncccc2C)nc(CC)c1Br. The van der Waals surface area contributed by atoms with Crippen molar-refractivity contribution in [1.82, 2.24) is 15.0 Å². The van der Waals surface area contributed by atoms with E-state index >= 15 is 0 Å². The molecule has 0 bridgehead atoms. The van der Waals surface area contributed by atoms with Crippen LogP contribution in [0.4, 0.5) is 5.82 Å². The number of halogens is 1. The van der Waals surface area contributed by atoms with Crippen LogP contribution < -0.4 is 5.32 Å². The fourth-order valence-electron chi connectivity index (χ4n) is 1.84.